The van der Waals surface area contributed by atoms with Crippen molar-refractivity contribution in [2.75, 3.05) is 0 Å². The fourth-order valence-electron chi connectivity index (χ4n) is 4.09. The first-order valence-corrected chi connectivity index (χ1v) is 10.3. The second-order valence-corrected chi connectivity index (χ2v) is 8.13. The minimum atomic E-state index is 1.10. The average molecular weight is 421 g/mol. The van der Waals surface area contributed by atoms with Gasteiger partial charge >= 0.3 is 0 Å². The Balaban J connectivity index is 1.96. The summed E-state index contributed by atoms with van der Waals surface area (Å²) in [6.45, 7) is 0. The first-order chi connectivity index (χ1) is 13.7. The Labute approximate surface area is 174 Å². The molecular formula is C26H18BBr. The highest BCUT2D eigenvalue weighted by atomic mass is 79.9. The number of fused-ring (bicyclic) bond motifs is 2. The SMILES string of the molecule is Bc1ccc(-c2c3ccccc3c(-c3ccc(Br)cc3)c3ccccc23)cc1. The van der Waals surface area contributed by atoms with Gasteiger partial charge in [-0.3, -0.25) is 0 Å². The lowest BCUT2D eigenvalue weighted by molar-refractivity contribution is 1.63. The van der Waals surface area contributed by atoms with Crippen LogP contribution in [0.3, 0.4) is 0 Å². The zero-order valence-electron chi connectivity index (χ0n) is 15.6. The van der Waals surface area contributed by atoms with Crippen molar-refractivity contribution < 1.29 is 0 Å². The van der Waals surface area contributed by atoms with Crippen LogP contribution in [0.1, 0.15) is 0 Å². The molecule has 0 heterocycles. The molecule has 0 aliphatic carbocycles. The van der Waals surface area contributed by atoms with E-state index in [1.54, 1.807) is 0 Å². The molecule has 0 saturated carbocycles. The fourth-order valence-corrected chi connectivity index (χ4v) is 4.35. The van der Waals surface area contributed by atoms with Gasteiger partial charge in [-0.2, -0.15) is 0 Å². The van der Waals surface area contributed by atoms with Crippen molar-refractivity contribution in [3.63, 3.8) is 0 Å². The smallest absolute Gasteiger partial charge is 0.0889 e. The lowest BCUT2D eigenvalue weighted by Crippen LogP contribution is -1.99. The van der Waals surface area contributed by atoms with Crippen LogP contribution >= 0.6 is 15.9 Å². The van der Waals surface area contributed by atoms with Crippen LogP contribution in [0.2, 0.25) is 0 Å². The minimum Gasteiger partial charge on any atom is -0.0889 e. The minimum absolute atomic E-state index is 1.10. The van der Waals surface area contributed by atoms with Gasteiger partial charge in [0.15, 0.2) is 0 Å². The highest BCUT2D eigenvalue weighted by molar-refractivity contribution is 9.10. The topological polar surface area (TPSA) is 0 Å². The monoisotopic (exact) mass is 420 g/mol. The van der Waals surface area contributed by atoms with Crippen LogP contribution in [0.5, 0.6) is 0 Å². The summed E-state index contributed by atoms with van der Waals surface area (Å²) >= 11 is 3.57. The van der Waals surface area contributed by atoms with Crippen molar-refractivity contribution in [3.05, 3.63) is 102 Å². The molecular weight excluding hydrogens is 403 g/mol. The van der Waals surface area contributed by atoms with Gasteiger partial charge in [0.2, 0.25) is 0 Å². The van der Waals surface area contributed by atoms with Gasteiger partial charge < -0.3 is 0 Å². The van der Waals surface area contributed by atoms with E-state index in [0.29, 0.717) is 0 Å². The van der Waals surface area contributed by atoms with Crippen molar-refractivity contribution >= 4 is 50.8 Å². The maximum atomic E-state index is 3.57. The third-order valence-electron chi connectivity index (χ3n) is 5.40. The molecule has 0 bridgehead atoms. The van der Waals surface area contributed by atoms with E-state index in [1.807, 2.05) is 0 Å². The van der Waals surface area contributed by atoms with Crippen molar-refractivity contribution in [1.82, 2.24) is 0 Å². The summed E-state index contributed by atoms with van der Waals surface area (Å²) in [4.78, 5) is 0. The molecule has 132 valence electrons. The summed E-state index contributed by atoms with van der Waals surface area (Å²) in [6.07, 6.45) is 0. The molecule has 0 atom stereocenters. The molecule has 28 heavy (non-hydrogen) atoms. The summed E-state index contributed by atoms with van der Waals surface area (Å²) in [5, 5.41) is 5.17. The second kappa shape index (κ2) is 6.96. The van der Waals surface area contributed by atoms with Crippen LogP contribution in [-0.4, -0.2) is 7.85 Å². The Morgan fingerprint density at radius 3 is 1.21 bits per heavy atom. The highest BCUT2D eigenvalue weighted by Gasteiger charge is 2.15. The Morgan fingerprint density at radius 1 is 0.464 bits per heavy atom. The van der Waals surface area contributed by atoms with E-state index >= 15 is 0 Å². The van der Waals surface area contributed by atoms with E-state index < -0.39 is 0 Å². The lowest BCUT2D eigenvalue weighted by Gasteiger charge is -2.17. The normalized spacial score (nSPS) is 11.2. The Morgan fingerprint density at radius 2 is 0.821 bits per heavy atom. The molecule has 0 aliphatic rings. The molecule has 0 fully saturated rings. The van der Waals surface area contributed by atoms with Gasteiger partial charge in [0.1, 0.15) is 7.85 Å². The van der Waals surface area contributed by atoms with Crippen LogP contribution in [0, 0.1) is 0 Å². The first kappa shape index (κ1) is 17.3. The van der Waals surface area contributed by atoms with E-state index in [2.05, 4.69) is 121 Å². The van der Waals surface area contributed by atoms with Gasteiger partial charge in [-0.1, -0.05) is 106 Å². The molecule has 2 heteroatoms. The summed E-state index contributed by atoms with van der Waals surface area (Å²) < 4.78 is 1.10. The summed E-state index contributed by atoms with van der Waals surface area (Å²) in [7, 11) is 2.14. The third-order valence-corrected chi connectivity index (χ3v) is 5.93. The van der Waals surface area contributed by atoms with E-state index in [4.69, 9.17) is 0 Å². The predicted octanol–water partition coefficient (Wildman–Crippen LogP) is 6.35. The molecule has 0 N–H and O–H groups in total. The van der Waals surface area contributed by atoms with Crippen LogP contribution in [-0.2, 0) is 0 Å². The lowest BCUT2D eigenvalue weighted by atomic mass is 9.85. The van der Waals surface area contributed by atoms with Crippen molar-refractivity contribution in [3.8, 4) is 22.3 Å². The van der Waals surface area contributed by atoms with Gasteiger partial charge in [0, 0.05) is 4.47 Å². The van der Waals surface area contributed by atoms with E-state index in [1.165, 1.54) is 49.3 Å². The van der Waals surface area contributed by atoms with Gasteiger partial charge in [-0.25, -0.2) is 0 Å². The van der Waals surface area contributed by atoms with Crippen LogP contribution in [0.25, 0.3) is 43.8 Å². The maximum absolute atomic E-state index is 3.57. The van der Waals surface area contributed by atoms with Gasteiger partial charge in [0.05, 0.1) is 0 Å². The molecule has 0 nitrogen and oxygen atoms in total. The zero-order chi connectivity index (χ0) is 19.1. The molecule has 0 aromatic heterocycles. The summed E-state index contributed by atoms with van der Waals surface area (Å²) in [5.74, 6) is 0. The van der Waals surface area contributed by atoms with Crippen molar-refractivity contribution in [2.24, 2.45) is 0 Å². The number of halogens is 1. The molecule has 0 spiro atoms. The Bertz CT molecular complexity index is 1140. The van der Waals surface area contributed by atoms with E-state index in [0.717, 1.165) is 4.47 Å². The molecule has 0 radical (unpaired) electrons. The van der Waals surface area contributed by atoms with Gasteiger partial charge in [-0.15, -0.1) is 0 Å². The van der Waals surface area contributed by atoms with Gasteiger partial charge in [0.25, 0.3) is 0 Å². The predicted molar refractivity (Wildman–Crippen MR) is 128 cm³/mol. The van der Waals surface area contributed by atoms with Crippen LogP contribution < -0.4 is 5.46 Å². The number of rotatable bonds is 2. The van der Waals surface area contributed by atoms with E-state index in [-0.39, 0.29) is 0 Å². The highest BCUT2D eigenvalue weighted by Crippen LogP contribution is 2.43. The summed E-state index contributed by atoms with van der Waals surface area (Å²) in [5.41, 5.74) is 6.40. The van der Waals surface area contributed by atoms with Gasteiger partial charge in [-0.05, 0) is 55.9 Å². The Kier molecular flexibility index (Phi) is 4.29. The molecule has 0 amide bonds. The molecule has 0 saturated heterocycles. The molecule has 5 rings (SSSR count). The standard InChI is InChI=1S/C26H18BBr/c27-19-13-9-17(10-14-19)25-21-5-1-3-7-23(21)26(18-11-15-20(28)16-12-18)24-8-4-2-6-22(24)25/h1-16H,27H2. The van der Waals surface area contributed by atoms with E-state index in [9.17, 15) is 0 Å². The maximum Gasteiger partial charge on any atom is 0.139 e. The summed E-state index contributed by atoms with van der Waals surface area (Å²) in [6, 6.07) is 35.0. The zero-order valence-corrected chi connectivity index (χ0v) is 17.2. The molecule has 0 aliphatic heterocycles. The third kappa shape index (κ3) is 2.85. The quantitative estimate of drug-likeness (QED) is 0.230. The number of hydrogen-bond acceptors (Lipinski definition) is 0. The average Bonchev–Trinajstić information content (AvgIpc) is 2.74. The second-order valence-electron chi connectivity index (χ2n) is 7.21. The fraction of sp³-hybridized carbons (Fsp3) is 0. The number of benzene rings is 5. The molecule has 5 aromatic rings. The van der Waals surface area contributed by atoms with Crippen molar-refractivity contribution in [2.45, 2.75) is 0 Å². The Hall–Kier alpha value is -2.84. The largest absolute Gasteiger partial charge is 0.139 e. The van der Waals surface area contributed by atoms with Crippen LogP contribution in [0.15, 0.2) is 102 Å². The first-order valence-electron chi connectivity index (χ1n) is 9.49. The number of hydrogen-bond donors (Lipinski definition) is 0. The molecule has 5 aromatic carbocycles. The van der Waals surface area contributed by atoms with Crippen molar-refractivity contribution in [1.29, 1.82) is 0 Å². The van der Waals surface area contributed by atoms with Crippen LogP contribution in [0.4, 0.5) is 0 Å². The molecule has 0 unspecified atom stereocenters.